The number of carbonyl (C=O) groups is 2. The van der Waals surface area contributed by atoms with Gasteiger partial charge in [0.05, 0.1) is 0 Å². The normalized spacial score (nSPS) is 21.2. The van der Waals surface area contributed by atoms with Crippen molar-refractivity contribution in [1.82, 2.24) is 10.2 Å². The number of nitrogens with one attached hydrogen (secondary N) is 1. The van der Waals surface area contributed by atoms with Gasteiger partial charge in [0.2, 0.25) is 11.8 Å². The number of amidine groups is 1. The molecule has 1 aliphatic heterocycles. The summed E-state index contributed by atoms with van der Waals surface area (Å²) in [5, 5.41) is 21.4. The molecular weight excluding hydrogens is 282 g/mol. The highest BCUT2D eigenvalue weighted by molar-refractivity contribution is 6.14. The number of nitriles is 2. The Balaban J connectivity index is 2.66. The molecule has 1 heterocycles. The molecule has 0 aromatic heterocycles. The number of aliphatic imine (C=N–C) groups is 1. The molecule has 7 heteroatoms. The molecule has 7 nitrogen and oxygen atoms in total. The van der Waals surface area contributed by atoms with Crippen molar-refractivity contribution in [2.75, 3.05) is 0 Å². The maximum atomic E-state index is 12.2. The molecule has 1 spiro atoms. The number of amides is 2. The lowest BCUT2D eigenvalue weighted by Crippen LogP contribution is -2.55. The molecule has 0 bridgehead atoms. The first-order valence-electron chi connectivity index (χ1n) is 7.18. The summed E-state index contributed by atoms with van der Waals surface area (Å²) >= 11 is 0. The van der Waals surface area contributed by atoms with Gasteiger partial charge in [-0.25, -0.2) is 0 Å². The standard InChI is InChI=1S/C15H17N5O2/c1-10(21)18-14-13(12(8-16)9-17)19-15(20(14)11(2)22)6-4-3-5-7-15/h19H,3-7H2,1-2H3. The van der Waals surface area contributed by atoms with E-state index in [1.165, 1.54) is 18.7 Å². The third-order valence-electron chi connectivity index (χ3n) is 3.95. The van der Waals surface area contributed by atoms with Gasteiger partial charge in [-0.15, -0.1) is 0 Å². The Kier molecular flexibility index (Phi) is 4.27. The first-order chi connectivity index (χ1) is 10.4. The van der Waals surface area contributed by atoms with Crippen LogP contribution >= 0.6 is 0 Å². The van der Waals surface area contributed by atoms with Crippen molar-refractivity contribution in [2.45, 2.75) is 51.6 Å². The van der Waals surface area contributed by atoms with E-state index in [0.717, 1.165) is 19.3 Å². The van der Waals surface area contributed by atoms with Crippen molar-refractivity contribution in [2.24, 2.45) is 4.99 Å². The van der Waals surface area contributed by atoms with Crippen molar-refractivity contribution in [3.63, 3.8) is 0 Å². The van der Waals surface area contributed by atoms with E-state index < -0.39 is 11.6 Å². The molecule has 1 N–H and O–H groups in total. The SMILES string of the molecule is CC(=O)N=C1C(=C(C#N)C#N)NC2(CCCCC2)N1C(C)=O. The number of carbonyl (C=O) groups excluding carboxylic acids is 2. The number of hydrogen-bond donors (Lipinski definition) is 1. The van der Waals surface area contributed by atoms with Crippen LogP contribution in [-0.2, 0) is 9.59 Å². The molecule has 0 unspecified atom stereocenters. The van der Waals surface area contributed by atoms with Crippen molar-refractivity contribution in [3.05, 3.63) is 11.3 Å². The molecule has 114 valence electrons. The highest BCUT2D eigenvalue weighted by atomic mass is 16.2. The summed E-state index contributed by atoms with van der Waals surface area (Å²) in [5.41, 5.74) is -0.682. The summed E-state index contributed by atoms with van der Waals surface area (Å²) in [6, 6.07) is 3.61. The Labute approximate surface area is 128 Å². The minimum absolute atomic E-state index is 0.0833. The first-order valence-corrected chi connectivity index (χ1v) is 7.18. The number of rotatable bonds is 0. The zero-order valence-electron chi connectivity index (χ0n) is 12.6. The van der Waals surface area contributed by atoms with Crippen LogP contribution in [0.5, 0.6) is 0 Å². The zero-order valence-corrected chi connectivity index (χ0v) is 12.6. The molecule has 0 aromatic rings. The Hall–Kier alpha value is -2.67. The maximum Gasteiger partial charge on any atom is 0.244 e. The minimum Gasteiger partial charge on any atom is -0.358 e. The molecule has 2 amide bonds. The quantitative estimate of drug-likeness (QED) is 0.679. The predicted octanol–water partition coefficient (Wildman–Crippen LogP) is 1.34. The smallest absolute Gasteiger partial charge is 0.244 e. The number of hydrogen-bond acceptors (Lipinski definition) is 5. The van der Waals surface area contributed by atoms with Gasteiger partial charge < -0.3 is 5.32 Å². The average Bonchev–Trinajstić information content (AvgIpc) is 2.74. The van der Waals surface area contributed by atoms with Crippen LogP contribution in [0.4, 0.5) is 0 Å². The molecule has 0 aromatic carbocycles. The second-order valence-electron chi connectivity index (χ2n) is 5.50. The van der Waals surface area contributed by atoms with Gasteiger partial charge in [-0.3, -0.25) is 14.5 Å². The lowest BCUT2D eigenvalue weighted by atomic mass is 9.88. The summed E-state index contributed by atoms with van der Waals surface area (Å²) in [6.45, 7) is 2.67. The molecule has 1 aliphatic carbocycles. The van der Waals surface area contributed by atoms with Crippen molar-refractivity contribution in [3.8, 4) is 12.1 Å². The minimum atomic E-state index is -0.688. The van der Waals surface area contributed by atoms with Crippen molar-refractivity contribution in [1.29, 1.82) is 10.5 Å². The van der Waals surface area contributed by atoms with E-state index in [2.05, 4.69) is 10.3 Å². The fourth-order valence-corrected chi connectivity index (χ4v) is 3.16. The molecular formula is C15H17N5O2. The average molecular weight is 299 g/mol. The highest BCUT2D eigenvalue weighted by Crippen LogP contribution is 2.38. The zero-order chi connectivity index (χ0) is 16.3. The van der Waals surface area contributed by atoms with E-state index >= 15 is 0 Å². The third kappa shape index (κ3) is 2.58. The van der Waals surface area contributed by atoms with E-state index in [1.54, 1.807) is 12.1 Å². The van der Waals surface area contributed by atoms with Crippen LogP contribution in [0.2, 0.25) is 0 Å². The first kappa shape index (κ1) is 15.7. The number of allylic oxidation sites excluding steroid dienone is 1. The third-order valence-corrected chi connectivity index (χ3v) is 3.95. The van der Waals surface area contributed by atoms with Crippen LogP contribution in [0, 0.1) is 22.7 Å². The lowest BCUT2D eigenvalue weighted by Gasteiger charge is -2.40. The van der Waals surface area contributed by atoms with Crippen molar-refractivity contribution < 1.29 is 9.59 Å². The topological polar surface area (TPSA) is 109 Å². The van der Waals surface area contributed by atoms with Gasteiger partial charge in [-0.05, 0) is 25.7 Å². The molecule has 2 fully saturated rings. The number of nitrogens with zero attached hydrogens (tertiary/aromatic N) is 4. The fourth-order valence-electron chi connectivity index (χ4n) is 3.16. The Morgan fingerprint density at radius 3 is 2.23 bits per heavy atom. The second kappa shape index (κ2) is 5.98. The fraction of sp³-hybridized carbons (Fsp3) is 0.533. The van der Waals surface area contributed by atoms with Crippen LogP contribution in [-0.4, -0.2) is 28.2 Å². The van der Waals surface area contributed by atoms with E-state index in [1.807, 2.05) is 0 Å². The van der Waals surface area contributed by atoms with E-state index in [9.17, 15) is 9.59 Å². The Morgan fingerprint density at radius 1 is 1.18 bits per heavy atom. The summed E-state index contributed by atoms with van der Waals surface area (Å²) in [6.07, 6.45) is 4.29. The van der Waals surface area contributed by atoms with E-state index in [-0.39, 0.29) is 23.0 Å². The van der Waals surface area contributed by atoms with Gasteiger partial charge in [-0.1, -0.05) is 6.42 Å². The van der Waals surface area contributed by atoms with Crippen LogP contribution < -0.4 is 5.32 Å². The lowest BCUT2D eigenvalue weighted by molar-refractivity contribution is -0.130. The van der Waals surface area contributed by atoms with Crippen LogP contribution in [0.15, 0.2) is 16.3 Å². The van der Waals surface area contributed by atoms with Crippen LogP contribution in [0.1, 0.15) is 46.0 Å². The molecule has 1 saturated carbocycles. The largest absolute Gasteiger partial charge is 0.358 e. The molecule has 0 radical (unpaired) electrons. The molecule has 22 heavy (non-hydrogen) atoms. The van der Waals surface area contributed by atoms with Gasteiger partial charge in [0, 0.05) is 13.8 Å². The van der Waals surface area contributed by atoms with Gasteiger partial charge in [0.1, 0.15) is 23.5 Å². The molecule has 1 saturated heterocycles. The van der Waals surface area contributed by atoms with E-state index in [4.69, 9.17) is 10.5 Å². The van der Waals surface area contributed by atoms with Crippen LogP contribution in [0.3, 0.4) is 0 Å². The summed E-state index contributed by atoms with van der Waals surface area (Å²) in [7, 11) is 0. The van der Waals surface area contributed by atoms with Gasteiger partial charge >= 0.3 is 0 Å². The Morgan fingerprint density at radius 2 is 1.77 bits per heavy atom. The van der Waals surface area contributed by atoms with Crippen LogP contribution in [0.25, 0.3) is 0 Å². The monoisotopic (exact) mass is 299 g/mol. The molecule has 0 atom stereocenters. The summed E-state index contributed by atoms with van der Waals surface area (Å²) in [4.78, 5) is 28.9. The maximum absolute atomic E-state index is 12.2. The predicted molar refractivity (Wildman–Crippen MR) is 77.8 cm³/mol. The van der Waals surface area contributed by atoms with Crippen molar-refractivity contribution >= 4 is 17.6 Å². The second-order valence-corrected chi connectivity index (χ2v) is 5.50. The summed E-state index contributed by atoms with van der Waals surface area (Å²) in [5.74, 6) is -0.664. The van der Waals surface area contributed by atoms with Gasteiger partial charge in [0.25, 0.3) is 0 Å². The summed E-state index contributed by atoms with van der Waals surface area (Å²) < 4.78 is 0. The van der Waals surface area contributed by atoms with E-state index in [0.29, 0.717) is 12.8 Å². The highest BCUT2D eigenvalue weighted by Gasteiger charge is 2.50. The molecule has 2 aliphatic rings. The van der Waals surface area contributed by atoms with Gasteiger partial charge in [0.15, 0.2) is 11.4 Å². The Bertz CT molecular complexity index is 640. The molecule has 2 rings (SSSR count). The van der Waals surface area contributed by atoms with Gasteiger partial charge in [-0.2, -0.15) is 15.5 Å².